The van der Waals surface area contributed by atoms with Gasteiger partial charge in [-0.15, -0.1) is 11.8 Å². The average Bonchev–Trinajstić information content (AvgIpc) is 3.17. The van der Waals surface area contributed by atoms with Crippen LogP contribution in [-0.2, 0) is 29.1 Å². The number of hydrogen-bond donors (Lipinski definition) is 1. The van der Waals surface area contributed by atoms with E-state index in [9.17, 15) is 22.8 Å². The number of aliphatic imine (C=N–C) groups is 1. The lowest BCUT2D eigenvalue weighted by molar-refractivity contribution is -0.137. The molecule has 43 heavy (non-hydrogen) atoms. The number of sulfonamides is 1. The highest BCUT2D eigenvalue weighted by Crippen LogP contribution is 2.36. The highest BCUT2D eigenvalue weighted by molar-refractivity contribution is 7.98. The lowest BCUT2D eigenvalue weighted by Gasteiger charge is -2.35. The summed E-state index contributed by atoms with van der Waals surface area (Å²) in [7, 11) is -4.22. The van der Waals surface area contributed by atoms with Crippen molar-refractivity contribution >= 4 is 56.9 Å². The first-order valence-electron chi connectivity index (χ1n) is 14.3. The Morgan fingerprint density at radius 3 is 2.44 bits per heavy atom. The summed E-state index contributed by atoms with van der Waals surface area (Å²) in [5, 5.41) is 2.79. The normalized spacial score (nSPS) is 17.7. The minimum Gasteiger partial charge on any atom is -0.433 e. The number of amidine groups is 1. The van der Waals surface area contributed by atoms with Crippen LogP contribution < -0.4 is 5.32 Å². The summed E-state index contributed by atoms with van der Waals surface area (Å²) in [5.74, 6) is -1.87. The number of cyclic esters (lactones) is 1. The molecule has 1 unspecified atom stereocenters. The average molecular weight is 631 g/mol. The van der Waals surface area contributed by atoms with E-state index in [1.807, 2.05) is 12.3 Å². The van der Waals surface area contributed by atoms with E-state index in [-0.39, 0.29) is 29.6 Å². The number of benzene rings is 2. The molecule has 0 saturated carbocycles. The van der Waals surface area contributed by atoms with Crippen LogP contribution in [-0.4, -0.2) is 79.0 Å². The Morgan fingerprint density at radius 1 is 1.05 bits per heavy atom. The predicted molar refractivity (Wildman–Crippen MR) is 165 cm³/mol. The molecule has 3 amide bonds. The molecule has 232 valence electrons. The quantitative estimate of drug-likeness (QED) is 0.223. The molecule has 13 heteroatoms. The molecule has 1 N–H and O–H groups in total. The smallest absolute Gasteiger partial charge is 0.418 e. The SMILES string of the molecule is CCCCCCOCCCN1C(C(C(=O)Nc2ccccc2SC)N2C(=O)OC(C)(C)C2=O)=Nc2ccccc2S1(=O)=O. The van der Waals surface area contributed by atoms with Crippen LogP contribution in [0.1, 0.15) is 52.9 Å². The fourth-order valence-corrected chi connectivity index (χ4v) is 7.05. The van der Waals surface area contributed by atoms with E-state index in [1.54, 1.807) is 30.3 Å². The Morgan fingerprint density at radius 2 is 1.74 bits per heavy atom. The van der Waals surface area contributed by atoms with Gasteiger partial charge in [0.05, 0.1) is 11.4 Å². The number of anilines is 1. The van der Waals surface area contributed by atoms with Crippen LogP contribution in [0.3, 0.4) is 0 Å². The molecule has 2 heterocycles. The molecule has 2 aromatic rings. The molecule has 0 aliphatic carbocycles. The maximum Gasteiger partial charge on any atom is 0.418 e. The second-order valence-electron chi connectivity index (χ2n) is 10.7. The molecule has 0 bridgehead atoms. The highest BCUT2D eigenvalue weighted by Gasteiger charge is 2.55. The molecule has 11 nitrogen and oxygen atoms in total. The number of nitrogens with one attached hydrogen (secondary N) is 1. The number of unbranched alkanes of at least 4 members (excludes halogenated alkanes) is 3. The van der Waals surface area contributed by atoms with Crippen molar-refractivity contribution in [3.63, 3.8) is 0 Å². The van der Waals surface area contributed by atoms with Gasteiger partial charge < -0.3 is 14.8 Å². The van der Waals surface area contributed by atoms with Crippen molar-refractivity contribution in [3.8, 4) is 0 Å². The van der Waals surface area contributed by atoms with Crippen LogP contribution in [0.2, 0.25) is 0 Å². The first kappa shape index (κ1) is 32.5. The first-order chi connectivity index (χ1) is 20.5. The molecule has 1 fully saturated rings. The van der Waals surface area contributed by atoms with Gasteiger partial charge in [-0.05, 0) is 57.2 Å². The number of amides is 3. The number of carbonyl (C=O) groups is 3. The van der Waals surface area contributed by atoms with Gasteiger partial charge in [-0.3, -0.25) is 13.9 Å². The second-order valence-corrected chi connectivity index (χ2v) is 13.4. The van der Waals surface area contributed by atoms with Crippen molar-refractivity contribution in [2.24, 2.45) is 4.99 Å². The minimum atomic E-state index is -4.22. The summed E-state index contributed by atoms with van der Waals surface area (Å²) in [6.07, 6.45) is 5.26. The molecule has 0 spiro atoms. The fraction of sp³-hybridized carbons (Fsp3) is 0.467. The van der Waals surface area contributed by atoms with Gasteiger partial charge in [0.25, 0.3) is 21.8 Å². The van der Waals surface area contributed by atoms with Gasteiger partial charge in [0.1, 0.15) is 4.90 Å². The van der Waals surface area contributed by atoms with Crippen molar-refractivity contribution in [1.82, 2.24) is 9.21 Å². The Bertz CT molecular complexity index is 1490. The molecule has 0 radical (unpaired) electrons. The lowest BCUT2D eigenvalue weighted by atomic mass is 10.1. The van der Waals surface area contributed by atoms with Crippen molar-refractivity contribution in [3.05, 3.63) is 48.5 Å². The summed E-state index contributed by atoms with van der Waals surface area (Å²) in [6.45, 7) is 5.70. The first-order valence-corrected chi connectivity index (χ1v) is 17.0. The molecule has 2 aromatic carbocycles. The number of rotatable bonds is 14. The minimum absolute atomic E-state index is 0.0400. The molecular weight excluding hydrogens is 592 g/mol. The van der Waals surface area contributed by atoms with E-state index in [0.717, 1.165) is 34.9 Å². The van der Waals surface area contributed by atoms with E-state index < -0.39 is 39.6 Å². The van der Waals surface area contributed by atoms with E-state index in [2.05, 4.69) is 17.2 Å². The van der Waals surface area contributed by atoms with Gasteiger partial charge in [0.15, 0.2) is 17.5 Å². The van der Waals surface area contributed by atoms with E-state index in [0.29, 0.717) is 23.6 Å². The summed E-state index contributed by atoms with van der Waals surface area (Å²) in [4.78, 5) is 46.7. The van der Waals surface area contributed by atoms with Crippen LogP contribution >= 0.6 is 11.8 Å². The molecule has 1 atom stereocenters. The number of imide groups is 1. The topological polar surface area (TPSA) is 135 Å². The van der Waals surface area contributed by atoms with Crippen LogP contribution in [0.15, 0.2) is 63.3 Å². The van der Waals surface area contributed by atoms with Crippen molar-refractivity contribution in [2.75, 3.05) is 31.3 Å². The Balaban J connectivity index is 1.73. The highest BCUT2D eigenvalue weighted by atomic mass is 32.2. The van der Waals surface area contributed by atoms with Gasteiger partial charge in [-0.2, -0.15) is 0 Å². The maximum absolute atomic E-state index is 14.1. The second kappa shape index (κ2) is 13.9. The zero-order valence-electron chi connectivity index (χ0n) is 24.9. The van der Waals surface area contributed by atoms with Crippen molar-refractivity contribution < 1.29 is 32.3 Å². The number of nitrogens with zero attached hydrogens (tertiary/aromatic N) is 3. The van der Waals surface area contributed by atoms with Crippen molar-refractivity contribution in [1.29, 1.82) is 0 Å². The van der Waals surface area contributed by atoms with Crippen LogP contribution in [0.25, 0.3) is 0 Å². The van der Waals surface area contributed by atoms with E-state index >= 15 is 0 Å². The monoisotopic (exact) mass is 630 g/mol. The third-order valence-electron chi connectivity index (χ3n) is 7.10. The number of carbonyl (C=O) groups excluding carboxylic acids is 3. The predicted octanol–water partition coefficient (Wildman–Crippen LogP) is 5.19. The van der Waals surface area contributed by atoms with Gasteiger partial charge in [0, 0.05) is 24.7 Å². The number of para-hydroxylation sites is 2. The number of thioether (sulfide) groups is 1. The zero-order chi connectivity index (χ0) is 31.2. The summed E-state index contributed by atoms with van der Waals surface area (Å²) >= 11 is 1.39. The standard InChI is InChI=1S/C30H38N4O7S2/c1-5-6-7-12-19-40-20-13-18-33-26(31-22-15-9-11-17-24(22)43(33,38)39)25(34-28(36)30(2,3)41-29(34)37)27(35)32-21-14-8-10-16-23(21)42-4/h8-11,14-17,25H,5-7,12-13,18-20H2,1-4H3,(H,32,35). The number of ether oxygens (including phenoxy) is 2. The Kier molecular flexibility index (Phi) is 10.5. The zero-order valence-corrected chi connectivity index (χ0v) is 26.5. The maximum atomic E-state index is 14.1. The number of hydrogen-bond acceptors (Lipinski definition) is 9. The molecule has 2 aliphatic rings. The molecule has 2 aliphatic heterocycles. The van der Waals surface area contributed by atoms with Crippen LogP contribution in [0.5, 0.6) is 0 Å². The fourth-order valence-electron chi connectivity index (χ4n) is 4.87. The summed E-state index contributed by atoms with van der Waals surface area (Å²) in [6, 6.07) is 11.4. The van der Waals surface area contributed by atoms with E-state index in [4.69, 9.17) is 9.47 Å². The van der Waals surface area contributed by atoms with Gasteiger partial charge in [-0.25, -0.2) is 23.1 Å². The van der Waals surface area contributed by atoms with Crippen LogP contribution in [0.4, 0.5) is 16.2 Å². The largest absolute Gasteiger partial charge is 0.433 e. The summed E-state index contributed by atoms with van der Waals surface area (Å²) < 4.78 is 40.0. The number of fused-ring (bicyclic) bond motifs is 1. The van der Waals surface area contributed by atoms with Gasteiger partial charge in [-0.1, -0.05) is 50.5 Å². The third-order valence-corrected chi connectivity index (χ3v) is 9.75. The molecule has 4 rings (SSSR count). The Labute approximate surface area is 257 Å². The molecular formula is C30H38N4O7S2. The van der Waals surface area contributed by atoms with Gasteiger partial charge >= 0.3 is 6.09 Å². The van der Waals surface area contributed by atoms with E-state index in [1.165, 1.54) is 37.7 Å². The summed E-state index contributed by atoms with van der Waals surface area (Å²) in [5.41, 5.74) is -1.02. The molecule has 0 aromatic heterocycles. The third kappa shape index (κ3) is 7.05. The van der Waals surface area contributed by atoms with Crippen LogP contribution in [0, 0.1) is 0 Å². The Hall–Kier alpha value is -3.42. The van der Waals surface area contributed by atoms with Gasteiger partial charge in [0.2, 0.25) is 0 Å². The lowest BCUT2D eigenvalue weighted by Crippen LogP contribution is -2.59. The van der Waals surface area contributed by atoms with Crippen molar-refractivity contribution in [2.45, 2.75) is 74.3 Å². The molecule has 1 saturated heterocycles.